The van der Waals surface area contributed by atoms with Crippen LogP contribution in [-0.4, -0.2) is 26.1 Å². The van der Waals surface area contributed by atoms with Crippen molar-refractivity contribution in [1.82, 2.24) is 5.32 Å². The van der Waals surface area contributed by atoms with E-state index in [0.29, 0.717) is 6.07 Å². The van der Waals surface area contributed by atoms with Crippen LogP contribution < -0.4 is 19.5 Å². The Hall–Kier alpha value is -2.05. The fraction of sp³-hybridized carbons (Fsp3) is 0.600. The van der Waals surface area contributed by atoms with Gasteiger partial charge in [0.05, 0.1) is 0 Å². The Morgan fingerprint density at radius 2 is 1.14 bits per heavy atom. The summed E-state index contributed by atoms with van der Waals surface area (Å²) >= 11 is 0. The van der Waals surface area contributed by atoms with Crippen molar-refractivity contribution in [1.29, 1.82) is 0 Å². The highest BCUT2D eigenvalue weighted by Crippen LogP contribution is 2.50. The number of hydrogen-bond donors (Lipinski definition) is 1. The van der Waals surface area contributed by atoms with Crippen molar-refractivity contribution >= 4 is 0 Å². The van der Waals surface area contributed by atoms with Crippen molar-refractivity contribution in [3.63, 3.8) is 0 Å². The van der Waals surface area contributed by atoms with Crippen molar-refractivity contribution < 1.29 is 53.7 Å². The summed E-state index contributed by atoms with van der Waals surface area (Å²) in [5.41, 5.74) is -1.39. The molecular weight excluding hydrogens is 413 g/mol. The van der Waals surface area contributed by atoms with Crippen LogP contribution in [-0.2, 0) is 0 Å². The first kappa shape index (κ1) is 24.0. The Bertz CT molecular complexity index is 676. The molecule has 0 heterocycles. The van der Waals surface area contributed by atoms with Gasteiger partial charge in [-0.3, -0.25) is 0 Å². The largest absolute Gasteiger partial charge is 0.573 e. The van der Waals surface area contributed by atoms with Crippen LogP contribution in [0.4, 0.5) is 39.5 Å². The predicted octanol–water partition coefficient (Wildman–Crippen LogP) is 5.69. The molecule has 1 aromatic rings. The van der Waals surface area contributed by atoms with Crippen LogP contribution in [0.15, 0.2) is 12.1 Å². The Kier molecular flexibility index (Phi) is 6.65. The third-order valence-electron chi connectivity index (χ3n) is 3.23. The Balaban J connectivity index is 3.80. The smallest absolute Gasteiger partial charge is 0.402 e. The summed E-state index contributed by atoms with van der Waals surface area (Å²) in [4.78, 5) is 0. The summed E-state index contributed by atoms with van der Waals surface area (Å²) in [5, 5.41) is 2.60. The van der Waals surface area contributed by atoms with Crippen LogP contribution in [0, 0.1) is 5.41 Å². The van der Waals surface area contributed by atoms with Gasteiger partial charge in [0.25, 0.3) is 0 Å². The van der Waals surface area contributed by atoms with Crippen LogP contribution in [0.2, 0.25) is 0 Å². The number of rotatable bonds is 5. The average molecular weight is 429 g/mol. The maximum atomic E-state index is 12.8. The molecule has 0 bridgehead atoms. The van der Waals surface area contributed by atoms with Crippen molar-refractivity contribution in [3.05, 3.63) is 17.7 Å². The van der Waals surface area contributed by atoms with E-state index in [0.717, 1.165) is 6.07 Å². The van der Waals surface area contributed by atoms with Gasteiger partial charge >= 0.3 is 19.1 Å². The van der Waals surface area contributed by atoms with Crippen LogP contribution in [0.25, 0.3) is 0 Å². The molecule has 28 heavy (non-hydrogen) atoms. The van der Waals surface area contributed by atoms with E-state index < -0.39 is 53.4 Å². The second kappa shape index (κ2) is 7.76. The quantitative estimate of drug-likeness (QED) is 0.611. The van der Waals surface area contributed by atoms with Gasteiger partial charge in [-0.1, -0.05) is 20.8 Å². The zero-order valence-electron chi connectivity index (χ0n) is 14.9. The van der Waals surface area contributed by atoms with Gasteiger partial charge in [-0.05, 0) is 24.6 Å². The summed E-state index contributed by atoms with van der Waals surface area (Å²) in [6, 6.07) is 0.0986. The first-order valence-corrected chi connectivity index (χ1v) is 7.45. The number of nitrogens with one attached hydrogen (secondary N) is 1. The SMILES string of the molecule is CNC(c1ccc(OC(F)(F)F)c(OC(F)(F)F)c1OC(F)(F)F)C(C)(C)C. The van der Waals surface area contributed by atoms with Gasteiger partial charge in [0.15, 0.2) is 11.5 Å². The Morgan fingerprint density at radius 1 is 0.714 bits per heavy atom. The summed E-state index contributed by atoms with van der Waals surface area (Å²) in [5.74, 6) is -5.14. The number of halogens is 9. The van der Waals surface area contributed by atoms with Crippen LogP contribution in [0.1, 0.15) is 32.4 Å². The molecule has 0 saturated heterocycles. The minimum Gasteiger partial charge on any atom is -0.402 e. The lowest BCUT2D eigenvalue weighted by atomic mass is 9.82. The zero-order chi connectivity index (χ0) is 22.1. The third-order valence-corrected chi connectivity index (χ3v) is 3.23. The molecule has 0 aliphatic heterocycles. The van der Waals surface area contributed by atoms with E-state index in [1.807, 2.05) is 0 Å². The molecule has 162 valence electrons. The van der Waals surface area contributed by atoms with Crippen LogP contribution in [0.3, 0.4) is 0 Å². The topological polar surface area (TPSA) is 39.7 Å². The molecule has 1 atom stereocenters. The Morgan fingerprint density at radius 3 is 1.50 bits per heavy atom. The van der Waals surface area contributed by atoms with E-state index in [-0.39, 0.29) is 0 Å². The molecule has 1 aromatic carbocycles. The molecule has 1 N–H and O–H groups in total. The second-order valence-electron chi connectivity index (χ2n) is 6.54. The molecule has 1 unspecified atom stereocenters. The minimum absolute atomic E-state index is 0.420. The van der Waals surface area contributed by atoms with E-state index in [1.165, 1.54) is 27.8 Å². The molecule has 0 aromatic heterocycles. The summed E-state index contributed by atoms with van der Waals surface area (Å²) < 4.78 is 125. The number of hydrogen-bond acceptors (Lipinski definition) is 4. The molecule has 0 radical (unpaired) electrons. The van der Waals surface area contributed by atoms with Crippen molar-refractivity contribution in [2.45, 2.75) is 45.9 Å². The number of ether oxygens (including phenoxy) is 3. The van der Waals surface area contributed by atoms with E-state index in [4.69, 9.17) is 0 Å². The molecule has 1 rings (SSSR count). The fourth-order valence-corrected chi connectivity index (χ4v) is 2.48. The third kappa shape index (κ3) is 7.17. The maximum absolute atomic E-state index is 12.8. The molecule has 0 aliphatic carbocycles. The number of alkyl halides is 9. The van der Waals surface area contributed by atoms with Crippen molar-refractivity contribution in [2.75, 3.05) is 7.05 Å². The van der Waals surface area contributed by atoms with E-state index in [9.17, 15) is 39.5 Å². The predicted molar refractivity (Wildman–Crippen MR) is 77.7 cm³/mol. The lowest BCUT2D eigenvalue weighted by Gasteiger charge is -2.33. The average Bonchev–Trinajstić information content (AvgIpc) is 2.39. The van der Waals surface area contributed by atoms with Gasteiger partial charge < -0.3 is 19.5 Å². The monoisotopic (exact) mass is 429 g/mol. The molecular formula is C15H16F9NO3. The van der Waals surface area contributed by atoms with Gasteiger partial charge in [-0.15, -0.1) is 39.5 Å². The van der Waals surface area contributed by atoms with Crippen LogP contribution >= 0.6 is 0 Å². The van der Waals surface area contributed by atoms with Crippen LogP contribution in [0.5, 0.6) is 17.2 Å². The molecule has 0 saturated carbocycles. The maximum Gasteiger partial charge on any atom is 0.573 e. The molecule has 0 aliphatic rings. The van der Waals surface area contributed by atoms with Gasteiger partial charge in [-0.25, -0.2) is 0 Å². The highest BCUT2D eigenvalue weighted by atomic mass is 19.4. The van der Waals surface area contributed by atoms with Gasteiger partial charge in [-0.2, -0.15) is 0 Å². The normalized spacial score (nSPS) is 14.6. The van der Waals surface area contributed by atoms with Gasteiger partial charge in [0.2, 0.25) is 5.75 Å². The van der Waals surface area contributed by atoms with Crippen molar-refractivity contribution in [3.8, 4) is 17.2 Å². The molecule has 0 fully saturated rings. The Labute approximate surface area is 153 Å². The highest BCUT2D eigenvalue weighted by molar-refractivity contribution is 5.57. The van der Waals surface area contributed by atoms with Gasteiger partial charge in [0.1, 0.15) is 0 Å². The summed E-state index contributed by atoms with van der Waals surface area (Å²) in [6.45, 7) is 4.61. The minimum atomic E-state index is -5.62. The molecule has 4 nitrogen and oxygen atoms in total. The zero-order valence-corrected chi connectivity index (χ0v) is 14.9. The fourth-order valence-electron chi connectivity index (χ4n) is 2.48. The van der Waals surface area contributed by atoms with E-state index >= 15 is 0 Å². The van der Waals surface area contributed by atoms with E-state index in [1.54, 1.807) is 0 Å². The highest BCUT2D eigenvalue weighted by Gasteiger charge is 2.43. The van der Waals surface area contributed by atoms with Crippen molar-refractivity contribution in [2.24, 2.45) is 5.41 Å². The lowest BCUT2D eigenvalue weighted by molar-refractivity contribution is -0.293. The first-order chi connectivity index (χ1) is 12.3. The standard InChI is InChI=1S/C15H16F9NO3/c1-12(2,3)11(25-4)7-5-6-8(26-13(16,17)18)10(28-15(22,23)24)9(7)27-14(19,20)21/h5-6,11,25H,1-4H3. The second-order valence-corrected chi connectivity index (χ2v) is 6.54. The molecule has 0 spiro atoms. The summed E-state index contributed by atoms with van der Waals surface area (Å²) in [7, 11) is 1.30. The number of benzene rings is 1. The first-order valence-electron chi connectivity index (χ1n) is 7.45. The molecule has 13 heteroatoms. The molecule has 0 amide bonds. The summed E-state index contributed by atoms with van der Waals surface area (Å²) in [6.07, 6.45) is -16.6. The van der Waals surface area contributed by atoms with E-state index in [2.05, 4.69) is 19.5 Å². The lowest BCUT2D eigenvalue weighted by Crippen LogP contribution is -2.31. The van der Waals surface area contributed by atoms with Gasteiger partial charge in [0, 0.05) is 11.6 Å².